The van der Waals surface area contributed by atoms with Crippen LogP contribution < -0.4 is 4.90 Å². The second-order valence-electron chi connectivity index (χ2n) is 16.7. The average molecular weight is 786 g/mol. The van der Waals surface area contributed by atoms with Crippen molar-refractivity contribution in [1.29, 1.82) is 0 Å². The molecule has 1 spiro atoms. The summed E-state index contributed by atoms with van der Waals surface area (Å²) in [6, 6.07) is 87.9. The summed E-state index contributed by atoms with van der Waals surface area (Å²) in [5.74, 6) is 0. The van der Waals surface area contributed by atoms with Gasteiger partial charge in [0.2, 0.25) is 0 Å². The fraction of sp³-hybridized carbons (Fsp3) is 0.0164. The summed E-state index contributed by atoms with van der Waals surface area (Å²) in [4.78, 5) is 2.50. The molecule has 1 nitrogen and oxygen atoms in total. The lowest BCUT2D eigenvalue weighted by molar-refractivity contribution is 0.794. The standard InChI is InChI=1S/C61H39N/c1-3-16-40(17-4-1)42-30-34-44(35-31-42)62(45-36-32-43(33-37-45)41-18-5-2-6-19-41)59-29-15-26-52-50-24-11-13-27-56(50)61(60(52)59)57-28-14-12-25-51(57)55-38-53-48-22-9-7-20-46(48)47-21-8-10-23-49(47)54(53)39-58(55)61/h1-39H. The number of nitrogens with zero attached hydrogens (tertiary/aromatic N) is 1. The van der Waals surface area contributed by atoms with Crippen molar-refractivity contribution < 1.29 is 0 Å². The van der Waals surface area contributed by atoms with Crippen LogP contribution in [0.5, 0.6) is 0 Å². The molecule has 0 saturated heterocycles. The molecule has 1 atom stereocenters. The predicted molar refractivity (Wildman–Crippen MR) is 261 cm³/mol. The molecule has 13 rings (SSSR count). The molecule has 0 aliphatic heterocycles. The van der Waals surface area contributed by atoms with E-state index in [2.05, 4.69) is 241 Å². The van der Waals surface area contributed by atoms with Gasteiger partial charge in [-0.3, -0.25) is 0 Å². The lowest BCUT2D eigenvalue weighted by Crippen LogP contribution is -2.28. The first-order valence-corrected chi connectivity index (χ1v) is 21.6. The summed E-state index contributed by atoms with van der Waals surface area (Å²) in [6.45, 7) is 0. The minimum Gasteiger partial charge on any atom is -0.310 e. The first-order chi connectivity index (χ1) is 30.8. The summed E-state index contributed by atoms with van der Waals surface area (Å²) in [6.07, 6.45) is 0. The molecule has 0 bridgehead atoms. The van der Waals surface area contributed by atoms with Crippen LogP contribution in [0.2, 0.25) is 0 Å². The summed E-state index contributed by atoms with van der Waals surface area (Å²) in [5.41, 5.74) is 18.1. The summed E-state index contributed by atoms with van der Waals surface area (Å²) in [5, 5.41) is 7.74. The topological polar surface area (TPSA) is 3.24 Å². The molecule has 0 fully saturated rings. The van der Waals surface area contributed by atoms with Gasteiger partial charge in [0.15, 0.2) is 0 Å². The molecule has 0 N–H and O–H groups in total. The van der Waals surface area contributed by atoms with Crippen molar-refractivity contribution in [3.05, 3.63) is 259 Å². The Morgan fingerprint density at radius 2 is 0.661 bits per heavy atom. The maximum Gasteiger partial charge on any atom is 0.0746 e. The fourth-order valence-corrected chi connectivity index (χ4v) is 11.1. The Morgan fingerprint density at radius 1 is 0.258 bits per heavy atom. The predicted octanol–water partition coefficient (Wildman–Crippen LogP) is 16.3. The first-order valence-electron chi connectivity index (χ1n) is 21.6. The van der Waals surface area contributed by atoms with Crippen LogP contribution in [0.25, 0.3) is 76.8 Å². The number of hydrogen-bond donors (Lipinski definition) is 0. The van der Waals surface area contributed by atoms with E-state index in [4.69, 9.17) is 0 Å². The van der Waals surface area contributed by atoms with Crippen molar-refractivity contribution >= 4 is 49.4 Å². The molecule has 11 aromatic rings. The number of hydrogen-bond acceptors (Lipinski definition) is 1. The largest absolute Gasteiger partial charge is 0.310 e. The number of fused-ring (bicyclic) bond motifs is 16. The third-order valence-corrected chi connectivity index (χ3v) is 13.7. The van der Waals surface area contributed by atoms with E-state index in [1.165, 1.54) is 105 Å². The summed E-state index contributed by atoms with van der Waals surface area (Å²) >= 11 is 0. The zero-order valence-corrected chi connectivity index (χ0v) is 34.0. The maximum absolute atomic E-state index is 2.57. The summed E-state index contributed by atoms with van der Waals surface area (Å²) < 4.78 is 0. The van der Waals surface area contributed by atoms with Crippen LogP contribution in [0, 0.1) is 0 Å². The zero-order valence-electron chi connectivity index (χ0n) is 34.0. The highest BCUT2D eigenvalue weighted by Gasteiger charge is 2.53. The van der Waals surface area contributed by atoms with Gasteiger partial charge < -0.3 is 4.90 Å². The van der Waals surface area contributed by atoms with Crippen molar-refractivity contribution in [3.8, 4) is 44.5 Å². The Kier molecular flexibility index (Phi) is 7.59. The molecule has 0 radical (unpaired) electrons. The monoisotopic (exact) mass is 785 g/mol. The minimum absolute atomic E-state index is 0.582. The van der Waals surface area contributed by atoms with Gasteiger partial charge in [-0.25, -0.2) is 0 Å². The lowest BCUT2D eigenvalue weighted by Gasteiger charge is -2.36. The second kappa shape index (κ2) is 13.5. The van der Waals surface area contributed by atoms with Crippen molar-refractivity contribution in [1.82, 2.24) is 0 Å². The van der Waals surface area contributed by atoms with Gasteiger partial charge in [0, 0.05) is 16.9 Å². The van der Waals surface area contributed by atoms with Gasteiger partial charge in [-0.15, -0.1) is 0 Å². The highest BCUT2D eigenvalue weighted by atomic mass is 15.1. The van der Waals surface area contributed by atoms with E-state index in [0.717, 1.165) is 11.4 Å². The Morgan fingerprint density at radius 3 is 1.19 bits per heavy atom. The van der Waals surface area contributed by atoms with Crippen LogP contribution in [0.1, 0.15) is 22.3 Å². The second-order valence-corrected chi connectivity index (χ2v) is 16.7. The van der Waals surface area contributed by atoms with Crippen molar-refractivity contribution in [2.75, 3.05) is 4.90 Å². The van der Waals surface area contributed by atoms with Gasteiger partial charge >= 0.3 is 0 Å². The quantitative estimate of drug-likeness (QED) is 0.157. The van der Waals surface area contributed by atoms with Gasteiger partial charge in [-0.1, -0.05) is 194 Å². The maximum atomic E-state index is 2.57. The highest BCUT2D eigenvalue weighted by molar-refractivity contribution is 6.26. The molecule has 2 aliphatic carbocycles. The molecule has 11 aromatic carbocycles. The van der Waals surface area contributed by atoms with Gasteiger partial charge in [0.25, 0.3) is 0 Å². The van der Waals surface area contributed by atoms with E-state index in [-0.39, 0.29) is 0 Å². The third kappa shape index (κ3) is 4.91. The van der Waals surface area contributed by atoms with Crippen LogP contribution >= 0.6 is 0 Å². The number of rotatable bonds is 5. The van der Waals surface area contributed by atoms with Crippen LogP contribution in [0.3, 0.4) is 0 Å². The zero-order chi connectivity index (χ0) is 40.8. The molecule has 62 heavy (non-hydrogen) atoms. The Bertz CT molecular complexity index is 3470. The van der Waals surface area contributed by atoms with E-state index >= 15 is 0 Å². The normalized spacial score (nSPS) is 14.5. The van der Waals surface area contributed by atoms with E-state index in [1.807, 2.05) is 0 Å². The lowest BCUT2D eigenvalue weighted by atomic mass is 9.69. The van der Waals surface area contributed by atoms with Crippen molar-refractivity contribution in [2.24, 2.45) is 0 Å². The van der Waals surface area contributed by atoms with Gasteiger partial charge in [-0.05, 0) is 136 Å². The van der Waals surface area contributed by atoms with Crippen LogP contribution in [-0.2, 0) is 5.41 Å². The Hall–Kier alpha value is -8.00. The molecule has 288 valence electrons. The van der Waals surface area contributed by atoms with Crippen molar-refractivity contribution in [3.63, 3.8) is 0 Å². The van der Waals surface area contributed by atoms with Gasteiger partial charge in [0.1, 0.15) is 0 Å². The van der Waals surface area contributed by atoms with Crippen LogP contribution in [-0.4, -0.2) is 0 Å². The number of anilines is 3. The molecule has 1 heteroatoms. The molecule has 0 aromatic heterocycles. The van der Waals surface area contributed by atoms with Gasteiger partial charge in [0.05, 0.1) is 11.1 Å². The Balaban J connectivity index is 1.12. The van der Waals surface area contributed by atoms with E-state index in [9.17, 15) is 0 Å². The van der Waals surface area contributed by atoms with Crippen LogP contribution in [0.15, 0.2) is 237 Å². The molecular weight excluding hydrogens is 747 g/mol. The molecule has 0 saturated carbocycles. The SMILES string of the molecule is c1ccc(-c2ccc(N(c3ccc(-c4ccccc4)cc3)c3cccc4c3C3(c5ccccc5-c5cc6c7ccccc7c7ccccc7c6cc53)c3ccccc3-4)cc2)cc1. The third-order valence-electron chi connectivity index (χ3n) is 13.7. The average Bonchev–Trinajstić information content (AvgIpc) is 3.82. The van der Waals surface area contributed by atoms with E-state index in [0.29, 0.717) is 0 Å². The van der Waals surface area contributed by atoms with E-state index < -0.39 is 5.41 Å². The molecule has 2 aliphatic rings. The first kappa shape index (κ1) is 34.8. The molecule has 0 amide bonds. The Labute approximate surface area is 361 Å². The molecule has 1 unspecified atom stereocenters. The number of benzene rings is 11. The smallest absolute Gasteiger partial charge is 0.0746 e. The molecular formula is C61H39N. The summed E-state index contributed by atoms with van der Waals surface area (Å²) in [7, 11) is 0. The van der Waals surface area contributed by atoms with E-state index in [1.54, 1.807) is 0 Å². The van der Waals surface area contributed by atoms with Gasteiger partial charge in [-0.2, -0.15) is 0 Å². The van der Waals surface area contributed by atoms with Crippen molar-refractivity contribution in [2.45, 2.75) is 5.41 Å². The van der Waals surface area contributed by atoms with Crippen LogP contribution in [0.4, 0.5) is 17.1 Å². The molecule has 0 heterocycles. The minimum atomic E-state index is -0.582. The fourth-order valence-electron chi connectivity index (χ4n) is 11.1. The highest BCUT2D eigenvalue weighted by Crippen LogP contribution is 2.66.